The van der Waals surface area contributed by atoms with Gasteiger partial charge in [-0.05, 0) is 43.3 Å². The number of esters is 1. The topological polar surface area (TPSA) is 84.9 Å². The molecular formula is C17H15BrClNO5. The molecule has 0 saturated carbocycles. The summed E-state index contributed by atoms with van der Waals surface area (Å²) in [6.45, 7) is 1.42. The zero-order valence-electron chi connectivity index (χ0n) is 13.4. The summed E-state index contributed by atoms with van der Waals surface area (Å²) in [5.41, 5.74) is 0.308. The summed E-state index contributed by atoms with van der Waals surface area (Å²) in [5.74, 6) is -1.21. The Balaban J connectivity index is 2.09. The van der Waals surface area contributed by atoms with Gasteiger partial charge in [0.05, 0.1) is 12.8 Å². The molecular weight excluding hydrogens is 414 g/mol. The summed E-state index contributed by atoms with van der Waals surface area (Å²) >= 11 is 9.11. The number of rotatable bonds is 5. The minimum absolute atomic E-state index is 0.0469. The number of carbonyl (C=O) groups is 2. The number of ether oxygens (including phenoxy) is 2. The number of aromatic hydroxyl groups is 1. The molecule has 6 nitrogen and oxygen atoms in total. The Labute approximate surface area is 157 Å². The van der Waals surface area contributed by atoms with E-state index in [1.807, 2.05) is 0 Å². The first-order valence-corrected chi connectivity index (χ1v) is 8.33. The van der Waals surface area contributed by atoms with Crippen LogP contribution in [0.5, 0.6) is 11.5 Å². The van der Waals surface area contributed by atoms with E-state index in [1.54, 1.807) is 18.2 Å². The lowest BCUT2D eigenvalue weighted by Gasteiger charge is -2.16. The van der Waals surface area contributed by atoms with Crippen LogP contribution in [0.15, 0.2) is 40.9 Å². The second kappa shape index (κ2) is 8.22. The maximum absolute atomic E-state index is 12.3. The standard InChI is InChI=1S/C17H15BrClNO5/c1-9(25-17(23)12-7-10(18)3-5-14(12)21)16(22)20-13-8-11(19)4-6-15(13)24-2/h3-9,21H,1-2H3,(H,20,22). The molecule has 132 valence electrons. The van der Waals surface area contributed by atoms with E-state index in [0.29, 0.717) is 20.9 Å². The van der Waals surface area contributed by atoms with E-state index >= 15 is 0 Å². The Bertz CT molecular complexity index is 812. The normalized spacial score (nSPS) is 11.5. The Morgan fingerprint density at radius 2 is 1.96 bits per heavy atom. The van der Waals surface area contributed by atoms with E-state index < -0.39 is 18.0 Å². The first kappa shape index (κ1) is 19.1. The fourth-order valence-electron chi connectivity index (χ4n) is 1.96. The van der Waals surface area contributed by atoms with Gasteiger partial charge in [0, 0.05) is 9.50 Å². The van der Waals surface area contributed by atoms with Gasteiger partial charge in [-0.1, -0.05) is 27.5 Å². The van der Waals surface area contributed by atoms with Crippen LogP contribution in [0.2, 0.25) is 5.02 Å². The molecule has 0 radical (unpaired) electrons. The van der Waals surface area contributed by atoms with Crippen molar-refractivity contribution in [1.29, 1.82) is 0 Å². The lowest BCUT2D eigenvalue weighted by Crippen LogP contribution is -2.30. The highest BCUT2D eigenvalue weighted by Crippen LogP contribution is 2.28. The number of benzene rings is 2. The van der Waals surface area contributed by atoms with E-state index in [0.717, 1.165) is 0 Å². The number of nitrogens with one attached hydrogen (secondary N) is 1. The van der Waals surface area contributed by atoms with Crippen LogP contribution in [0.3, 0.4) is 0 Å². The van der Waals surface area contributed by atoms with Gasteiger partial charge in [-0.3, -0.25) is 4.79 Å². The second-order valence-corrected chi connectivity index (χ2v) is 6.39. The van der Waals surface area contributed by atoms with Gasteiger partial charge in [0.1, 0.15) is 17.1 Å². The van der Waals surface area contributed by atoms with Gasteiger partial charge in [-0.2, -0.15) is 0 Å². The molecule has 0 aliphatic heterocycles. The zero-order chi connectivity index (χ0) is 18.6. The third kappa shape index (κ3) is 4.87. The van der Waals surface area contributed by atoms with Crippen molar-refractivity contribution >= 4 is 45.1 Å². The molecule has 2 rings (SSSR count). The molecule has 0 fully saturated rings. The van der Waals surface area contributed by atoms with E-state index in [2.05, 4.69) is 21.2 Å². The Morgan fingerprint density at radius 1 is 1.24 bits per heavy atom. The van der Waals surface area contributed by atoms with Gasteiger partial charge in [0.15, 0.2) is 6.10 Å². The van der Waals surface area contributed by atoms with E-state index in [1.165, 1.54) is 32.2 Å². The van der Waals surface area contributed by atoms with E-state index in [-0.39, 0.29) is 11.3 Å². The van der Waals surface area contributed by atoms with E-state index in [4.69, 9.17) is 21.1 Å². The molecule has 0 spiro atoms. The summed E-state index contributed by atoms with van der Waals surface area (Å²) in [6.07, 6.45) is -1.10. The zero-order valence-corrected chi connectivity index (χ0v) is 15.7. The Hall–Kier alpha value is -2.25. The van der Waals surface area contributed by atoms with Crippen LogP contribution >= 0.6 is 27.5 Å². The number of phenolic OH excluding ortho intramolecular Hbond substituents is 1. The maximum Gasteiger partial charge on any atom is 0.342 e. The van der Waals surface area contributed by atoms with Crippen LogP contribution in [0, 0.1) is 0 Å². The highest BCUT2D eigenvalue weighted by atomic mass is 79.9. The number of amides is 1. The third-order valence-corrected chi connectivity index (χ3v) is 3.98. The minimum Gasteiger partial charge on any atom is -0.507 e. The molecule has 2 N–H and O–H groups in total. The SMILES string of the molecule is COc1ccc(Cl)cc1NC(=O)C(C)OC(=O)c1cc(Br)ccc1O. The van der Waals surface area contributed by atoms with Crippen molar-refractivity contribution in [1.82, 2.24) is 0 Å². The highest BCUT2D eigenvalue weighted by Gasteiger charge is 2.22. The van der Waals surface area contributed by atoms with Crippen LogP contribution in [0.25, 0.3) is 0 Å². The van der Waals surface area contributed by atoms with Crippen LogP contribution in [0.1, 0.15) is 17.3 Å². The monoisotopic (exact) mass is 427 g/mol. The van der Waals surface area contributed by atoms with E-state index in [9.17, 15) is 14.7 Å². The fourth-order valence-corrected chi connectivity index (χ4v) is 2.49. The number of carbonyl (C=O) groups excluding carboxylic acids is 2. The first-order valence-electron chi connectivity index (χ1n) is 7.15. The fraction of sp³-hybridized carbons (Fsp3) is 0.176. The molecule has 8 heteroatoms. The lowest BCUT2D eigenvalue weighted by molar-refractivity contribution is -0.123. The average molecular weight is 429 g/mol. The first-order chi connectivity index (χ1) is 11.8. The highest BCUT2D eigenvalue weighted by molar-refractivity contribution is 9.10. The Morgan fingerprint density at radius 3 is 2.64 bits per heavy atom. The molecule has 0 aromatic heterocycles. The van der Waals surface area contributed by atoms with Crippen molar-refractivity contribution in [3.8, 4) is 11.5 Å². The molecule has 1 atom stereocenters. The van der Waals surface area contributed by atoms with Crippen molar-refractivity contribution in [2.45, 2.75) is 13.0 Å². The van der Waals surface area contributed by atoms with Gasteiger partial charge < -0.3 is 19.9 Å². The van der Waals surface area contributed by atoms with Crippen molar-refractivity contribution < 1.29 is 24.2 Å². The molecule has 0 aliphatic rings. The molecule has 0 aliphatic carbocycles. The smallest absolute Gasteiger partial charge is 0.342 e. The van der Waals surface area contributed by atoms with Crippen molar-refractivity contribution in [3.05, 3.63) is 51.5 Å². The molecule has 0 heterocycles. The molecule has 1 amide bonds. The predicted octanol–water partition coefficient (Wildman–Crippen LogP) is 4.00. The molecule has 2 aromatic carbocycles. The van der Waals surface area contributed by atoms with Gasteiger partial charge in [0.25, 0.3) is 5.91 Å². The summed E-state index contributed by atoms with van der Waals surface area (Å²) in [5, 5.41) is 12.7. The summed E-state index contributed by atoms with van der Waals surface area (Å²) < 4.78 is 10.8. The van der Waals surface area contributed by atoms with Crippen molar-refractivity contribution in [3.63, 3.8) is 0 Å². The van der Waals surface area contributed by atoms with Gasteiger partial charge >= 0.3 is 5.97 Å². The summed E-state index contributed by atoms with van der Waals surface area (Å²) in [4.78, 5) is 24.4. The summed E-state index contributed by atoms with van der Waals surface area (Å²) in [7, 11) is 1.46. The number of hydrogen-bond acceptors (Lipinski definition) is 5. The number of halogens is 2. The number of anilines is 1. The average Bonchev–Trinajstić information content (AvgIpc) is 2.57. The number of hydrogen-bond donors (Lipinski definition) is 2. The van der Waals surface area contributed by atoms with Crippen molar-refractivity contribution in [2.24, 2.45) is 0 Å². The second-order valence-electron chi connectivity index (χ2n) is 5.04. The summed E-state index contributed by atoms with van der Waals surface area (Å²) in [6, 6.07) is 9.08. The van der Waals surface area contributed by atoms with Crippen LogP contribution in [0.4, 0.5) is 5.69 Å². The third-order valence-electron chi connectivity index (χ3n) is 3.25. The maximum atomic E-state index is 12.3. The molecule has 0 saturated heterocycles. The van der Waals surface area contributed by atoms with Crippen LogP contribution in [-0.4, -0.2) is 30.2 Å². The molecule has 2 aromatic rings. The molecule has 0 bridgehead atoms. The predicted molar refractivity (Wildman–Crippen MR) is 97.3 cm³/mol. The van der Waals surface area contributed by atoms with Crippen LogP contribution in [-0.2, 0) is 9.53 Å². The van der Waals surface area contributed by atoms with Gasteiger partial charge in [-0.25, -0.2) is 4.79 Å². The minimum atomic E-state index is -1.10. The van der Waals surface area contributed by atoms with Crippen LogP contribution < -0.4 is 10.1 Å². The largest absolute Gasteiger partial charge is 0.507 e. The molecule has 1 unspecified atom stereocenters. The quantitative estimate of drug-likeness (QED) is 0.703. The van der Waals surface area contributed by atoms with Crippen molar-refractivity contribution in [2.75, 3.05) is 12.4 Å². The molecule has 25 heavy (non-hydrogen) atoms. The Kier molecular flexibility index (Phi) is 6.27. The number of phenols is 1. The lowest BCUT2D eigenvalue weighted by atomic mass is 10.2. The van der Waals surface area contributed by atoms with Gasteiger partial charge in [-0.15, -0.1) is 0 Å². The number of methoxy groups -OCH3 is 1. The van der Waals surface area contributed by atoms with Gasteiger partial charge in [0.2, 0.25) is 0 Å².